The third-order valence-electron chi connectivity index (χ3n) is 4.30. The summed E-state index contributed by atoms with van der Waals surface area (Å²) in [6.07, 6.45) is 5.40. The Morgan fingerprint density at radius 1 is 1.11 bits per heavy atom. The number of carboxylic acid groups (broad SMARTS) is 1. The zero-order valence-electron chi connectivity index (χ0n) is 10.8. The van der Waals surface area contributed by atoms with Crippen molar-refractivity contribution >= 4 is 12.0 Å². The van der Waals surface area contributed by atoms with Gasteiger partial charge in [0.2, 0.25) is 0 Å². The first kappa shape index (κ1) is 13.2. The molecule has 2 aliphatic carbocycles. The van der Waals surface area contributed by atoms with E-state index in [1.54, 1.807) is 0 Å². The van der Waals surface area contributed by atoms with Crippen LogP contribution in [0.2, 0.25) is 0 Å². The molecule has 5 nitrogen and oxygen atoms in total. The van der Waals surface area contributed by atoms with Crippen LogP contribution in [0.3, 0.4) is 0 Å². The van der Waals surface area contributed by atoms with Gasteiger partial charge in [-0.2, -0.15) is 0 Å². The summed E-state index contributed by atoms with van der Waals surface area (Å²) in [7, 11) is 0. The molecule has 3 N–H and O–H groups in total. The summed E-state index contributed by atoms with van der Waals surface area (Å²) in [6, 6.07) is 0.161. The van der Waals surface area contributed by atoms with Crippen molar-refractivity contribution in [2.24, 2.45) is 11.8 Å². The minimum Gasteiger partial charge on any atom is -0.481 e. The number of rotatable bonds is 3. The van der Waals surface area contributed by atoms with E-state index in [9.17, 15) is 9.59 Å². The lowest BCUT2D eigenvalue weighted by Crippen LogP contribution is -2.46. The van der Waals surface area contributed by atoms with Gasteiger partial charge in [0.15, 0.2) is 0 Å². The summed E-state index contributed by atoms with van der Waals surface area (Å²) in [4.78, 5) is 22.6. The molecule has 0 aromatic rings. The van der Waals surface area contributed by atoms with Gasteiger partial charge in [-0.1, -0.05) is 13.3 Å². The Bertz CT molecular complexity index is 332. The number of aliphatic carboxylic acids is 1. The smallest absolute Gasteiger partial charge is 0.315 e. The van der Waals surface area contributed by atoms with E-state index in [4.69, 9.17) is 5.11 Å². The predicted molar refractivity (Wildman–Crippen MR) is 67.2 cm³/mol. The topological polar surface area (TPSA) is 78.4 Å². The first-order chi connectivity index (χ1) is 8.56. The largest absolute Gasteiger partial charge is 0.481 e. The summed E-state index contributed by atoms with van der Waals surface area (Å²) < 4.78 is 0. The van der Waals surface area contributed by atoms with Crippen LogP contribution in [0, 0.1) is 11.8 Å². The van der Waals surface area contributed by atoms with Gasteiger partial charge < -0.3 is 15.7 Å². The van der Waals surface area contributed by atoms with Gasteiger partial charge in [0, 0.05) is 12.1 Å². The number of carbonyl (C=O) groups is 2. The van der Waals surface area contributed by atoms with E-state index in [1.807, 2.05) is 0 Å². The molecule has 0 spiro atoms. The summed E-state index contributed by atoms with van der Waals surface area (Å²) in [5, 5.41) is 14.8. The molecule has 0 aromatic heterocycles. The van der Waals surface area contributed by atoms with Gasteiger partial charge >= 0.3 is 12.0 Å². The molecule has 0 heterocycles. The Labute approximate surface area is 107 Å². The molecule has 2 fully saturated rings. The molecule has 2 unspecified atom stereocenters. The fourth-order valence-corrected chi connectivity index (χ4v) is 3.09. The number of amides is 2. The van der Waals surface area contributed by atoms with Gasteiger partial charge in [0.1, 0.15) is 0 Å². The number of carboxylic acids is 1. The van der Waals surface area contributed by atoms with Gasteiger partial charge in [-0.05, 0) is 38.0 Å². The van der Waals surface area contributed by atoms with Crippen molar-refractivity contribution in [3.8, 4) is 0 Å². The Balaban J connectivity index is 1.73. The maximum absolute atomic E-state index is 11.8. The molecule has 4 atom stereocenters. The minimum atomic E-state index is -0.746. The van der Waals surface area contributed by atoms with Crippen molar-refractivity contribution in [1.82, 2.24) is 10.6 Å². The van der Waals surface area contributed by atoms with Gasteiger partial charge in [-0.15, -0.1) is 0 Å². The van der Waals surface area contributed by atoms with Gasteiger partial charge in [-0.25, -0.2) is 4.79 Å². The van der Waals surface area contributed by atoms with Crippen molar-refractivity contribution in [3.05, 3.63) is 0 Å². The van der Waals surface area contributed by atoms with Crippen LogP contribution < -0.4 is 10.6 Å². The molecule has 102 valence electrons. The Morgan fingerprint density at radius 2 is 1.89 bits per heavy atom. The van der Waals surface area contributed by atoms with E-state index in [2.05, 4.69) is 17.6 Å². The van der Waals surface area contributed by atoms with E-state index in [0.717, 1.165) is 12.8 Å². The predicted octanol–water partition coefficient (Wildman–Crippen LogP) is 1.73. The van der Waals surface area contributed by atoms with E-state index >= 15 is 0 Å². The lowest BCUT2D eigenvalue weighted by atomic mass is 10.1. The third-order valence-corrected chi connectivity index (χ3v) is 4.30. The lowest BCUT2D eigenvalue weighted by Gasteiger charge is -2.20. The van der Waals surface area contributed by atoms with Crippen LogP contribution in [0.4, 0.5) is 4.79 Å². The second kappa shape index (κ2) is 5.59. The van der Waals surface area contributed by atoms with Crippen molar-refractivity contribution < 1.29 is 14.7 Å². The first-order valence-electron chi connectivity index (χ1n) is 6.86. The number of nitrogens with one attached hydrogen (secondary N) is 2. The Kier molecular flexibility index (Phi) is 4.09. The highest BCUT2D eigenvalue weighted by atomic mass is 16.4. The monoisotopic (exact) mass is 254 g/mol. The van der Waals surface area contributed by atoms with Crippen LogP contribution in [0.15, 0.2) is 0 Å². The average molecular weight is 254 g/mol. The van der Waals surface area contributed by atoms with Crippen molar-refractivity contribution in [3.63, 3.8) is 0 Å². The molecule has 0 radical (unpaired) electrons. The lowest BCUT2D eigenvalue weighted by molar-refractivity contribution is -0.141. The van der Waals surface area contributed by atoms with Crippen molar-refractivity contribution in [2.45, 2.75) is 57.5 Å². The molecule has 18 heavy (non-hydrogen) atoms. The third kappa shape index (κ3) is 3.15. The van der Waals surface area contributed by atoms with Gasteiger partial charge in [-0.3, -0.25) is 4.79 Å². The number of hydrogen-bond acceptors (Lipinski definition) is 2. The van der Waals surface area contributed by atoms with Crippen molar-refractivity contribution in [1.29, 1.82) is 0 Å². The molecule has 2 amide bonds. The molecular formula is C13H22N2O3. The second-order valence-corrected chi connectivity index (χ2v) is 5.68. The van der Waals surface area contributed by atoms with Gasteiger partial charge in [0.25, 0.3) is 0 Å². The maximum Gasteiger partial charge on any atom is 0.315 e. The summed E-state index contributed by atoms with van der Waals surface area (Å²) >= 11 is 0. The first-order valence-corrected chi connectivity index (χ1v) is 6.86. The van der Waals surface area contributed by atoms with Crippen molar-refractivity contribution in [2.75, 3.05) is 0 Å². The Morgan fingerprint density at radius 3 is 2.44 bits per heavy atom. The summed E-state index contributed by atoms with van der Waals surface area (Å²) in [5.41, 5.74) is 0. The summed E-state index contributed by atoms with van der Waals surface area (Å²) in [6.45, 7) is 2.16. The van der Waals surface area contributed by atoms with E-state index in [0.29, 0.717) is 18.8 Å². The normalized spacial score (nSPS) is 35.4. The zero-order valence-corrected chi connectivity index (χ0v) is 10.8. The highest BCUT2D eigenvalue weighted by Crippen LogP contribution is 2.26. The molecule has 0 aromatic carbocycles. The minimum absolute atomic E-state index is 0.0165. The molecule has 2 rings (SSSR count). The van der Waals surface area contributed by atoms with E-state index in [1.165, 1.54) is 12.8 Å². The molecular weight excluding hydrogens is 232 g/mol. The Hall–Kier alpha value is -1.26. The van der Waals surface area contributed by atoms with E-state index in [-0.39, 0.29) is 24.0 Å². The SMILES string of the molecule is CC1CCCC1NC(=O)N[C@H]1CC[C@@H](C(=O)O)C1. The second-order valence-electron chi connectivity index (χ2n) is 5.68. The molecule has 0 saturated heterocycles. The zero-order chi connectivity index (χ0) is 13.1. The number of carbonyl (C=O) groups excluding carboxylic acids is 1. The maximum atomic E-state index is 11.8. The quantitative estimate of drug-likeness (QED) is 0.717. The van der Waals surface area contributed by atoms with Crippen LogP contribution in [0.25, 0.3) is 0 Å². The van der Waals surface area contributed by atoms with Gasteiger partial charge in [0.05, 0.1) is 5.92 Å². The van der Waals surface area contributed by atoms with Crippen LogP contribution in [0.5, 0.6) is 0 Å². The fraction of sp³-hybridized carbons (Fsp3) is 0.846. The van der Waals surface area contributed by atoms with E-state index < -0.39 is 5.97 Å². The van der Waals surface area contributed by atoms with Crippen LogP contribution in [-0.2, 0) is 4.79 Å². The standard InChI is InChI=1S/C13H22N2O3/c1-8-3-2-4-11(8)15-13(18)14-10-6-5-9(7-10)12(16)17/h8-11H,2-7H2,1H3,(H,16,17)(H2,14,15,18)/t8?,9-,10+,11?/m1/s1. The number of hydrogen-bond donors (Lipinski definition) is 3. The molecule has 2 aliphatic rings. The highest BCUT2D eigenvalue weighted by molar-refractivity contribution is 5.75. The highest BCUT2D eigenvalue weighted by Gasteiger charge is 2.31. The molecule has 5 heteroatoms. The van der Waals surface area contributed by atoms with Crippen LogP contribution >= 0.6 is 0 Å². The summed E-state index contributed by atoms with van der Waals surface area (Å²) in [5.74, 6) is -0.490. The average Bonchev–Trinajstić information content (AvgIpc) is 2.89. The molecule has 0 bridgehead atoms. The molecule has 0 aliphatic heterocycles. The fourth-order valence-electron chi connectivity index (χ4n) is 3.09. The van der Waals surface area contributed by atoms with Crippen LogP contribution in [-0.4, -0.2) is 29.2 Å². The van der Waals surface area contributed by atoms with Crippen LogP contribution in [0.1, 0.15) is 45.4 Å². The molecule has 2 saturated carbocycles. The number of urea groups is 1.